The third-order valence-corrected chi connectivity index (χ3v) is 5.34. The number of aliphatic carboxylic acids is 1. The number of hydrogen-bond donors (Lipinski definition) is 2. The van der Waals surface area contributed by atoms with E-state index < -0.39 is 53.5 Å². The van der Waals surface area contributed by atoms with Gasteiger partial charge in [-0.15, -0.1) is 11.3 Å². The Balaban J connectivity index is 0.000000532. The molecule has 0 saturated heterocycles. The number of carbonyl (C=O) groups is 2. The molecule has 0 aliphatic carbocycles. The predicted octanol–water partition coefficient (Wildman–Crippen LogP) is 4.62. The summed E-state index contributed by atoms with van der Waals surface area (Å²) in [5.74, 6) is -3.12. The second-order valence-corrected chi connectivity index (χ2v) is 8.40. The Hall–Kier alpha value is -4.15. The number of carboxylic acid groups (broad SMARTS) is 1. The molecule has 0 radical (unpaired) electrons. The molecule has 7 nitrogen and oxygen atoms in total. The number of nitrogens with zero attached hydrogens (tertiary/aromatic N) is 1. The summed E-state index contributed by atoms with van der Waals surface area (Å²) in [6.45, 7) is 0. The Labute approximate surface area is 215 Å². The highest BCUT2D eigenvalue weighted by atomic mass is 32.1. The molecule has 39 heavy (non-hydrogen) atoms. The number of aromatic nitrogens is 3. The fourth-order valence-electron chi connectivity index (χ4n) is 3.11. The third-order valence-electron chi connectivity index (χ3n) is 4.75. The van der Waals surface area contributed by atoms with Gasteiger partial charge < -0.3 is 15.2 Å². The summed E-state index contributed by atoms with van der Waals surface area (Å²) in [6, 6.07) is 5.92. The van der Waals surface area contributed by atoms with Crippen molar-refractivity contribution in [3.8, 4) is 11.5 Å². The van der Waals surface area contributed by atoms with Crippen LogP contribution in [0.5, 0.6) is 0 Å². The average molecular weight is 584 g/mol. The van der Waals surface area contributed by atoms with Gasteiger partial charge in [0.05, 0.1) is 23.1 Å². The maximum absolute atomic E-state index is 13.0. The molecule has 0 fully saturated rings. The monoisotopic (exact) mass is 584 g/mol. The molecule has 17 heteroatoms. The van der Waals surface area contributed by atoms with E-state index in [9.17, 15) is 44.3 Å². The highest BCUT2D eigenvalue weighted by molar-refractivity contribution is 7.07. The van der Waals surface area contributed by atoms with Crippen molar-refractivity contribution >= 4 is 39.9 Å². The van der Waals surface area contributed by atoms with E-state index >= 15 is 0 Å². The predicted molar refractivity (Wildman–Crippen MR) is 116 cm³/mol. The van der Waals surface area contributed by atoms with E-state index in [1.54, 1.807) is 23.7 Å². The van der Waals surface area contributed by atoms with Crippen LogP contribution in [0.15, 0.2) is 47.3 Å². The van der Waals surface area contributed by atoms with Gasteiger partial charge in [0.1, 0.15) is 5.97 Å². The van der Waals surface area contributed by atoms with Crippen molar-refractivity contribution in [1.29, 1.82) is 0 Å². The zero-order chi connectivity index (χ0) is 29.2. The number of carbonyl (C=O) groups excluding carboxylic acids is 2. The van der Waals surface area contributed by atoms with Crippen LogP contribution in [0.3, 0.4) is 0 Å². The van der Waals surface area contributed by atoms with Crippen molar-refractivity contribution < 1.29 is 59.2 Å². The van der Waals surface area contributed by atoms with Crippen LogP contribution in [0, 0.1) is 0 Å². The molecule has 0 atom stereocenters. The van der Waals surface area contributed by atoms with Gasteiger partial charge in [0.15, 0.2) is 16.7 Å². The topological polar surface area (TPSA) is 112 Å². The van der Waals surface area contributed by atoms with Gasteiger partial charge in [-0.25, -0.2) is 15.0 Å². The van der Waals surface area contributed by atoms with E-state index in [1.165, 1.54) is 11.3 Å². The van der Waals surface area contributed by atoms with Crippen LogP contribution in [0.4, 0.5) is 45.2 Å². The fraction of sp³-hybridized carbons (Fsp3) is 0.182. The minimum Gasteiger partial charge on any atom is -0.542 e. The number of rotatable bonds is 4. The smallest absolute Gasteiger partial charge is 0.430 e. The molecule has 2 heterocycles. The van der Waals surface area contributed by atoms with E-state index in [1.807, 2.05) is 5.38 Å². The molecule has 4 aromatic rings. The fourth-order valence-corrected chi connectivity index (χ4v) is 3.65. The first kappa shape index (κ1) is 29.4. The van der Waals surface area contributed by atoms with Crippen molar-refractivity contribution in [2.75, 3.05) is 5.32 Å². The van der Waals surface area contributed by atoms with Crippen molar-refractivity contribution in [2.45, 2.75) is 24.9 Å². The van der Waals surface area contributed by atoms with E-state index in [2.05, 4.69) is 20.3 Å². The maximum Gasteiger partial charge on any atom is 0.430 e. The van der Waals surface area contributed by atoms with E-state index in [0.29, 0.717) is 34.9 Å². The van der Waals surface area contributed by atoms with Crippen LogP contribution in [0.25, 0.3) is 22.6 Å². The molecule has 0 aliphatic rings. The number of halogens is 9. The molecule has 0 spiro atoms. The third kappa shape index (κ3) is 7.92. The highest BCUT2D eigenvalue weighted by Gasteiger charge is 2.37. The number of hydrogen-bond acceptors (Lipinski definition) is 5. The molecule has 208 valence electrons. The van der Waals surface area contributed by atoms with Crippen molar-refractivity contribution in [3.63, 3.8) is 0 Å². The normalized spacial score (nSPS) is 12.1. The lowest BCUT2D eigenvalue weighted by Gasteiger charge is -2.14. The first-order chi connectivity index (χ1) is 17.9. The number of nitrogens with one attached hydrogen (secondary N) is 3. The Kier molecular flexibility index (Phi) is 8.23. The molecule has 2 aromatic carbocycles. The number of carboxylic acids is 1. The summed E-state index contributed by atoms with van der Waals surface area (Å²) in [6.07, 6.45) is -15.8. The lowest BCUT2D eigenvalue weighted by molar-refractivity contribution is -0.344. The lowest BCUT2D eigenvalue weighted by atomic mass is 10.0. The van der Waals surface area contributed by atoms with Gasteiger partial charge in [-0.1, -0.05) is 0 Å². The number of benzene rings is 2. The summed E-state index contributed by atoms with van der Waals surface area (Å²) < 4.78 is 110. The molecule has 0 aliphatic heterocycles. The van der Waals surface area contributed by atoms with Gasteiger partial charge in [-0.3, -0.25) is 4.79 Å². The second-order valence-electron chi connectivity index (χ2n) is 7.68. The number of anilines is 1. The van der Waals surface area contributed by atoms with Gasteiger partial charge in [-0.2, -0.15) is 39.5 Å². The standard InChI is InChI=1S/C20H12F6N4OS.C2HF3O2/c21-19(22,23)11-3-10(4-12(6-11)20(24,25)26)5-17(31)28-13-1-2-14-15(7-13)30-18(29-14)16-8-32-9-27-16;3-2(4,5)1(6)7/h1-4,6-9H,5H2,(H,28,31)(H,29,30);(H,6,7). The summed E-state index contributed by atoms with van der Waals surface area (Å²) in [5, 5.41) is 13.1. The van der Waals surface area contributed by atoms with Gasteiger partial charge >= 0.3 is 24.4 Å². The second kappa shape index (κ2) is 10.9. The first-order valence-corrected chi connectivity index (χ1v) is 11.2. The van der Waals surface area contributed by atoms with Crippen LogP contribution < -0.4 is 15.4 Å². The Bertz CT molecular complexity index is 1440. The Morgan fingerprint density at radius 2 is 1.54 bits per heavy atom. The lowest BCUT2D eigenvalue weighted by Crippen LogP contribution is -2.37. The molecule has 4 rings (SSSR count). The molecule has 0 unspecified atom stereocenters. The minimum atomic E-state index is -5.19. The van der Waals surface area contributed by atoms with Crippen LogP contribution in [0.2, 0.25) is 0 Å². The number of alkyl halides is 9. The highest BCUT2D eigenvalue weighted by Crippen LogP contribution is 2.36. The minimum absolute atomic E-state index is 0.0248. The molecular formula is C22H13F9N4O3S. The van der Waals surface area contributed by atoms with E-state index in [4.69, 9.17) is 9.90 Å². The average Bonchev–Trinajstić information content (AvgIpc) is 3.47. The van der Waals surface area contributed by atoms with Crippen molar-refractivity contribution in [3.05, 3.63) is 64.0 Å². The molecule has 0 bridgehead atoms. The van der Waals surface area contributed by atoms with Crippen LogP contribution >= 0.6 is 11.3 Å². The SMILES string of the molecule is O=C(Cc1cc(C(F)(F)F)cc(C(F)(F)F)c1)Nc1ccc2[nH+]c(-c3cscn3)[nH]c2c1.O=C([O-])C(F)(F)F. The Morgan fingerprint density at radius 1 is 0.949 bits per heavy atom. The van der Waals surface area contributed by atoms with Crippen LogP contribution in [-0.4, -0.2) is 28.0 Å². The van der Waals surface area contributed by atoms with Crippen molar-refractivity contribution in [2.24, 2.45) is 0 Å². The van der Waals surface area contributed by atoms with Crippen LogP contribution in [-0.2, 0) is 28.4 Å². The van der Waals surface area contributed by atoms with E-state index in [0.717, 1.165) is 5.52 Å². The first-order valence-electron chi connectivity index (χ1n) is 10.2. The molecule has 0 saturated carbocycles. The summed E-state index contributed by atoms with van der Waals surface area (Å²) in [7, 11) is 0. The van der Waals surface area contributed by atoms with Gasteiger partial charge in [0.2, 0.25) is 5.91 Å². The number of thiazole rings is 1. The quantitative estimate of drug-likeness (QED) is 0.341. The Morgan fingerprint density at radius 3 is 2.03 bits per heavy atom. The van der Waals surface area contributed by atoms with Gasteiger partial charge in [0.25, 0.3) is 0 Å². The zero-order valence-corrected chi connectivity index (χ0v) is 19.6. The number of aromatic amines is 2. The molecular weight excluding hydrogens is 571 g/mol. The summed E-state index contributed by atoms with van der Waals surface area (Å²) in [4.78, 5) is 31.5. The van der Waals surface area contributed by atoms with Gasteiger partial charge in [0, 0.05) is 17.1 Å². The number of imidazole rings is 1. The summed E-state index contributed by atoms with van der Waals surface area (Å²) >= 11 is 1.41. The van der Waals surface area contributed by atoms with Crippen LogP contribution in [0.1, 0.15) is 16.7 Å². The number of H-pyrrole nitrogens is 2. The maximum atomic E-state index is 13.0. The largest absolute Gasteiger partial charge is 0.542 e. The van der Waals surface area contributed by atoms with Crippen molar-refractivity contribution in [1.82, 2.24) is 9.97 Å². The van der Waals surface area contributed by atoms with E-state index in [-0.39, 0.29) is 6.07 Å². The van der Waals surface area contributed by atoms with Gasteiger partial charge in [-0.05, 0) is 35.9 Å². The number of amides is 1. The molecule has 1 amide bonds. The molecule has 2 aromatic heterocycles. The number of fused-ring (bicyclic) bond motifs is 1. The zero-order valence-electron chi connectivity index (χ0n) is 18.8. The molecule has 3 N–H and O–H groups in total. The summed E-state index contributed by atoms with van der Waals surface area (Å²) in [5.41, 5.74) is 0.708.